The van der Waals surface area contributed by atoms with Gasteiger partial charge in [-0.25, -0.2) is 4.39 Å². The van der Waals surface area contributed by atoms with E-state index < -0.39 is 0 Å². The van der Waals surface area contributed by atoms with Crippen molar-refractivity contribution in [3.63, 3.8) is 0 Å². The van der Waals surface area contributed by atoms with Crippen LogP contribution in [0.2, 0.25) is 0 Å². The smallest absolute Gasteiger partial charge is 0.225 e. The van der Waals surface area contributed by atoms with Crippen LogP contribution in [0.25, 0.3) is 16.9 Å². The van der Waals surface area contributed by atoms with E-state index in [1.807, 2.05) is 42.6 Å². The van der Waals surface area contributed by atoms with Gasteiger partial charge >= 0.3 is 0 Å². The molecule has 28 heavy (non-hydrogen) atoms. The maximum absolute atomic E-state index is 13.2. The first-order valence-corrected chi connectivity index (χ1v) is 8.91. The molecule has 0 saturated heterocycles. The first-order valence-electron chi connectivity index (χ1n) is 8.91. The van der Waals surface area contributed by atoms with Gasteiger partial charge in [0.1, 0.15) is 5.82 Å². The third-order valence-corrected chi connectivity index (χ3v) is 4.63. The topological polar surface area (TPSA) is 88.0 Å². The second-order valence-corrected chi connectivity index (χ2v) is 6.64. The number of hydrogen-bond acceptors (Lipinski definition) is 4. The van der Waals surface area contributed by atoms with Crippen LogP contribution in [0.1, 0.15) is 30.0 Å². The van der Waals surface area contributed by atoms with Crippen LogP contribution in [0, 0.1) is 12.7 Å². The van der Waals surface area contributed by atoms with Gasteiger partial charge in [-0.3, -0.25) is 14.3 Å². The lowest BCUT2D eigenvalue weighted by Crippen LogP contribution is -2.29. The minimum Gasteiger partial charge on any atom is -0.346 e. The van der Waals surface area contributed by atoms with Gasteiger partial charge in [-0.1, -0.05) is 6.07 Å². The van der Waals surface area contributed by atoms with Crippen molar-refractivity contribution in [2.75, 3.05) is 0 Å². The normalized spacial score (nSPS) is 12.2. The van der Waals surface area contributed by atoms with Crippen molar-refractivity contribution in [2.45, 2.75) is 26.3 Å². The summed E-state index contributed by atoms with van der Waals surface area (Å²) in [7, 11) is 0. The molecule has 0 aliphatic heterocycles. The fourth-order valence-corrected chi connectivity index (χ4v) is 3.19. The van der Waals surface area contributed by atoms with E-state index in [1.54, 1.807) is 12.1 Å². The van der Waals surface area contributed by atoms with Gasteiger partial charge in [-0.2, -0.15) is 5.10 Å². The van der Waals surface area contributed by atoms with Crippen LogP contribution < -0.4 is 5.32 Å². The molecule has 2 N–H and O–H groups in total. The van der Waals surface area contributed by atoms with Crippen molar-refractivity contribution < 1.29 is 9.18 Å². The third kappa shape index (κ3) is 3.36. The largest absolute Gasteiger partial charge is 0.346 e. The summed E-state index contributed by atoms with van der Waals surface area (Å²) in [6.07, 6.45) is 2.01. The number of pyridine rings is 1. The first-order chi connectivity index (χ1) is 13.5. The molecule has 0 spiro atoms. The summed E-state index contributed by atoms with van der Waals surface area (Å²) in [4.78, 5) is 12.7. The lowest BCUT2D eigenvalue weighted by molar-refractivity contribution is -0.121. The van der Waals surface area contributed by atoms with Gasteiger partial charge in [0.05, 0.1) is 18.2 Å². The average molecular weight is 378 g/mol. The van der Waals surface area contributed by atoms with Gasteiger partial charge in [0, 0.05) is 23.0 Å². The van der Waals surface area contributed by atoms with Crippen LogP contribution in [0.3, 0.4) is 0 Å². The summed E-state index contributed by atoms with van der Waals surface area (Å²) in [5.41, 5.74) is 3.71. The molecule has 0 aliphatic carbocycles. The average Bonchev–Trinajstić information content (AvgIpc) is 3.27. The molecule has 0 aliphatic rings. The number of carbonyl (C=O) groups is 1. The molecule has 0 fully saturated rings. The van der Waals surface area contributed by atoms with Crippen LogP contribution in [0.15, 0.2) is 48.7 Å². The number of aryl methyl sites for hydroxylation is 1. The highest BCUT2D eigenvalue weighted by Crippen LogP contribution is 2.24. The highest BCUT2D eigenvalue weighted by atomic mass is 19.1. The van der Waals surface area contributed by atoms with Crippen LogP contribution >= 0.6 is 0 Å². The molecule has 7 nitrogen and oxygen atoms in total. The Balaban J connectivity index is 1.53. The van der Waals surface area contributed by atoms with Gasteiger partial charge in [-0.15, -0.1) is 10.2 Å². The summed E-state index contributed by atoms with van der Waals surface area (Å²) in [6.45, 7) is 3.72. The molecule has 4 rings (SSSR count). The van der Waals surface area contributed by atoms with Gasteiger partial charge in [0.15, 0.2) is 11.5 Å². The highest BCUT2D eigenvalue weighted by Gasteiger charge is 2.19. The van der Waals surface area contributed by atoms with Crippen LogP contribution in [-0.4, -0.2) is 30.7 Å². The minimum absolute atomic E-state index is 0.149. The Morgan fingerprint density at radius 2 is 2.00 bits per heavy atom. The Labute approximate surface area is 160 Å². The molecule has 3 heterocycles. The van der Waals surface area contributed by atoms with Gasteiger partial charge in [0.25, 0.3) is 0 Å². The Kier molecular flexibility index (Phi) is 4.60. The molecule has 3 aromatic heterocycles. The number of halogens is 1. The second-order valence-electron chi connectivity index (χ2n) is 6.64. The van der Waals surface area contributed by atoms with E-state index in [4.69, 9.17) is 0 Å². The number of aromatic nitrogens is 5. The number of nitrogens with zero attached hydrogens (tertiary/aromatic N) is 4. The monoisotopic (exact) mass is 378 g/mol. The van der Waals surface area contributed by atoms with E-state index >= 15 is 0 Å². The SMILES string of the molecule is Cc1[nH]nc(-c2ccc(F)cc2)c1CC(=O)NC(C)c1nnc2ccccn12. The fraction of sp³-hybridized carbons (Fsp3) is 0.200. The molecule has 1 aromatic carbocycles. The number of hydrogen-bond donors (Lipinski definition) is 2. The lowest BCUT2D eigenvalue weighted by Gasteiger charge is -2.13. The molecule has 1 amide bonds. The van der Waals surface area contributed by atoms with E-state index in [9.17, 15) is 9.18 Å². The Morgan fingerprint density at radius 3 is 2.79 bits per heavy atom. The van der Waals surface area contributed by atoms with Crippen LogP contribution in [0.5, 0.6) is 0 Å². The second kappa shape index (κ2) is 7.22. The van der Waals surface area contributed by atoms with Crippen molar-refractivity contribution >= 4 is 11.6 Å². The minimum atomic E-state index is -0.315. The van der Waals surface area contributed by atoms with E-state index in [2.05, 4.69) is 25.7 Å². The molecule has 1 atom stereocenters. The van der Waals surface area contributed by atoms with Crippen molar-refractivity contribution in [3.05, 3.63) is 71.6 Å². The molecule has 142 valence electrons. The number of amides is 1. The predicted molar refractivity (Wildman–Crippen MR) is 102 cm³/mol. The van der Waals surface area contributed by atoms with E-state index in [1.165, 1.54) is 12.1 Å². The van der Waals surface area contributed by atoms with E-state index in [-0.39, 0.29) is 24.2 Å². The molecular formula is C20H19FN6O. The number of rotatable bonds is 5. The number of H-pyrrole nitrogens is 1. The molecule has 0 radical (unpaired) electrons. The van der Waals surface area contributed by atoms with Crippen LogP contribution in [0.4, 0.5) is 4.39 Å². The molecule has 4 aromatic rings. The van der Waals surface area contributed by atoms with Crippen LogP contribution in [-0.2, 0) is 11.2 Å². The summed E-state index contributed by atoms with van der Waals surface area (Å²) >= 11 is 0. The third-order valence-electron chi connectivity index (χ3n) is 4.63. The molecule has 8 heteroatoms. The zero-order valence-corrected chi connectivity index (χ0v) is 15.5. The van der Waals surface area contributed by atoms with E-state index in [0.29, 0.717) is 11.5 Å². The molecular weight excluding hydrogens is 359 g/mol. The van der Waals surface area contributed by atoms with E-state index in [0.717, 1.165) is 22.5 Å². The Bertz CT molecular complexity index is 1130. The van der Waals surface area contributed by atoms with Crippen molar-refractivity contribution in [1.29, 1.82) is 0 Å². The number of aromatic amines is 1. The Morgan fingerprint density at radius 1 is 1.21 bits per heavy atom. The zero-order chi connectivity index (χ0) is 19.7. The maximum atomic E-state index is 13.2. The van der Waals surface area contributed by atoms with Crippen molar-refractivity contribution in [3.8, 4) is 11.3 Å². The number of fused-ring (bicyclic) bond motifs is 1. The van der Waals surface area contributed by atoms with Crippen molar-refractivity contribution in [1.82, 2.24) is 30.1 Å². The number of benzene rings is 1. The highest BCUT2D eigenvalue weighted by molar-refractivity contribution is 5.82. The molecule has 1 unspecified atom stereocenters. The number of carbonyl (C=O) groups excluding carboxylic acids is 1. The standard InChI is InChI=1S/C20H19FN6O/c1-12-16(19(25-23-12)14-6-8-15(21)9-7-14)11-18(28)22-13(2)20-26-24-17-5-3-4-10-27(17)20/h3-10,13H,11H2,1-2H3,(H,22,28)(H,23,25). The maximum Gasteiger partial charge on any atom is 0.225 e. The van der Waals surface area contributed by atoms with Gasteiger partial charge < -0.3 is 5.32 Å². The van der Waals surface area contributed by atoms with Gasteiger partial charge in [-0.05, 0) is 50.2 Å². The van der Waals surface area contributed by atoms with Crippen molar-refractivity contribution in [2.24, 2.45) is 0 Å². The molecule has 0 bridgehead atoms. The quantitative estimate of drug-likeness (QED) is 0.559. The number of nitrogens with one attached hydrogen (secondary N) is 2. The molecule has 0 saturated carbocycles. The lowest BCUT2D eigenvalue weighted by atomic mass is 10.0. The predicted octanol–water partition coefficient (Wildman–Crippen LogP) is 2.99. The van der Waals surface area contributed by atoms with Gasteiger partial charge in [0.2, 0.25) is 5.91 Å². The first kappa shape index (κ1) is 17.8. The fourth-order valence-electron chi connectivity index (χ4n) is 3.19. The summed E-state index contributed by atoms with van der Waals surface area (Å²) in [6, 6.07) is 11.4. The Hall–Kier alpha value is -3.55. The zero-order valence-electron chi connectivity index (χ0n) is 15.5. The summed E-state index contributed by atoms with van der Waals surface area (Å²) in [5.74, 6) is 0.185. The summed E-state index contributed by atoms with van der Waals surface area (Å²) < 4.78 is 15.0. The summed E-state index contributed by atoms with van der Waals surface area (Å²) in [5, 5.41) is 18.5.